The van der Waals surface area contributed by atoms with E-state index < -0.39 is 11.6 Å². The second kappa shape index (κ2) is 5.93. The molecular formula is C17H23NO5S. The summed E-state index contributed by atoms with van der Waals surface area (Å²) in [5, 5.41) is 0.902. The Morgan fingerprint density at radius 1 is 1.00 bits per heavy atom. The summed E-state index contributed by atoms with van der Waals surface area (Å²) in [4.78, 5) is 4.37. The van der Waals surface area contributed by atoms with Gasteiger partial charge < -0.3 is 23.7 Å². The van der Waals surface area contributed by atoms with Crippen LogP contribution in [0.15, 0.2) is 29.4 Å². The molecule has 1 unspecified atom stereocenters. The number of hydrogen-bond acceptors (Lipinski definition) is 7. The number of rotatable bonds is 3. The molecule has 0 N–H and O–H groups in total. The molecule has 6 nitrogen and oxygen atoms in total. The highest BCUT2D eigenvalue weighted by Crippen LogP contribution is 2.46. The van der Waals surface area contributed by atoms with Crippen LogP contribution in [0.2, 0.25) is 0 Å². The summed E-state index contributed by atoms with van der Waals surface area (Å²) in [6.45, 7) is 8.18. The Morgan fingerprint density at radius 3 is 2.46 bits per heavy atom. The average Bonchev–Trinajstić information content (AvgIpc) is 3.12. The van der Waals surface area contributed by atoms with E-state index >= 15 is 0 Å². The maximum atomic E-state index is 6.27. The minimum Gasteiger partial charge on any atom is -0.355 e. The number of fused-ring (bicyclic) bond motifs is 1. The van der Waals surface area contributed by atoms with Crippen LogP contribution in [0.3, 0.4) is 0 Å². The van der Waals surface area contributed by atoms with Crippen LogP contribution in [0.4, 0.5) is 0 Å². The molecular weight excluding hydrogens is 330 g/mol. The molecule has 24 heavy (non-hydrogen) atoms. The van der Waals surface area contributed by atoms with E-state index in [0.29, 0.717) is 6.61 Å². The fourth-order valence-corrected chi connectivity index (χ4v) is 4.44. The van der Waals surface area contributed by atoms with Gasteiger partial charge in [0.1, 0.15) is 29.9 Å². The molecule has 7 heteroatoms. The van der Waals surface area contributed by atoms with Gasteiger partial charge in [-0.25, -0.2) is 4.98 Å². The number of ether oxygens (including phenoxy) is 5. The van der Waals surface area contributed by atoms with E-state index in [-0.39, 0.29) is 29.9 Å². The molecule has 3 fully saturated rings. The highest BCUT2D eigenvalue weighted by molar-refractivity contribution is 7.99. The zero-order valence-electron chi connectivity index (χ0n) is 14.3. The second-order valence-corrected chi connectivity index (χ2v) is 8.31. The van der Waals surface area contributed by atoms with E-state index in [1.807, 2.05) is 45.9 Å². The van der Waals surface area contributed by atoms with Crippen molar-refractivity contribution < 1.29 is 23.7 Å². The standard InChI is InChI=1S/C17H23NO5S/c1-16(2)19-9-10(21-16)12-13-14(23-17(3,4)22-13)15(20-12)24-11-7-5-6-8-18-11/h5-8,10,12-15H,9H2,1-4H3/t10-,12-,13+,14+,15?/m1/s1. The molecule has 0 radical (unpaired) electrons. The molecule has 0 saturated carbocycles. The SMILES string of the molecule is CC1(C)O[C@H]2[C@@H]([C@H]3COC(C)(C)O3)OC(Sc3ccccn3)[C@H]2O1. The minimum absolute atomic E-state index is 0.163. The number of hydrogen-bond donors (Lipinski definition) is 0. The predicted octanol–water partition coefficient (Wildman–Crippen LogP) is 2.57. The molecule has 0 spiro atoms. The van der Waals surface area contributed by atoms with Crippen molar-refractivity contribution in [2.75, 3.05) is 6.61 Å². The Hall–Kier alpha value is -0.700. The second-order valence-electron chi connectivity index (χ2n) is 7.19. The maximum absolute atomic E-state index is 6.27. The molecule has 1 aromatic heterocycles. The fourth-order valence-electron chi connectivity index (χ4n) is 3.40. The number of aromatic nitrogens is 1. The molecule has 3 aliphatic rings. The lowest BCUT2D eigenvalue weighted by atomic mass is 10.1. The van der Waals surface area contributed by atoms with Crippen molar-refractivity contribution in [1.82, 2.24) is 4.98 Å². The Morgan fingerprint density at radius 2 is 1.79 bits per heavy atom. The third-order valence-electron chi connectivity index (χ3n) is 4.32. The molecule has 4 rings (SSSR count). The lowest BCUT2D eigenvalue weighted by molar-refractivity contribution is -0.198. The first-order valence-corrected chi connectivity index (χ1v) is 9.12. The molecule has 1 aromatic rings. The number of thioether (sulfide) groups is 1. The van der Waals surface area contributed by atoms with Gasteiger partial charge in [0.25, 0.3) is 0 Å². The first kappa shape index (κ1) is 16.8. The van der Waals surface area contributed by atoms with Gasteiger partial charge in [-0.2, -0.15) is 0 Å². The zero-order valence-corrected chi connectivity index (χ0v) is 15.1. The Kier molecular flexibility index (Phi) is 4.14. The van der Waals surface area contributed by atoms with E-state index in [1.165, 1.54) is 0 Å². The van der Waals surface area contributed by atoms with Gasteiger partial charge in [-0.1, -0.05) is 17.8 Å². The molecule has 132 valence electrons. The smallest absolute Gasteiger partial charge is 0.164 e. The van der Waals surface area contributed by atoms with Gasteiger partial charge in [0.05, 0.1) is 11.6 Å². The van der Waals surface area contributed by atoms with Crippen molar-refractivity contribution in [2.24, 2.45) is 0 Å². The third-order valence-corrected chi connectivity index (χ3v) is 5.41. The molecule has 3 aliphatic heterocycles. The third kappa shape index (κ3) is 3.21. The van der Waals surface area contributed by atoms with Crippen LogP contribution in [0.5, 0.6) is 0 Å². The summed E-state index contributed by atoms with van der Waals surface area (Å²) in [7, 11) is 0. The Balaban J connectivity index is 1.54. The van der Waals surface area contributed by atoms with Crippen molar-refractivity contribution in [3.63, 3.8) is 0 Å². The van der Waals surface area contributed by atoms with Crippen LogP contribution in [0, 0.1) is 0 Å². The van der Waals surface area contributed by atoms with Crippen LogP contribution < -0.4 is 0 Å². The first-order valence-electron chi connectivity index (χ1n) is 8.24. The van der Waals surface area contributed by atoms with Gasteiger partial charge in [-0.3, -0.25) is 0 Å². The highest BCUT2D eigenvalue weighted by Gasteiger charge is 2.59. The molecule has 0 aliphatic carbocycles. The Bertz CT molecular complexity index is 596. The molecule has 0 amide bonds. The van der Waals surface area contributed by atoms with Gasteiger partial charge in [-0.05, 0) is 39.8 Å². The normalized spacial score (nSPS) is 39.9. The van der Waals surface area contributed by atoms with Crippen molar-refractivity contribution in [3.05, 3.63) is 24.4 Å². The van der Waals surface area contributed by atoms with E-state index in [4.69, 9.17) is 23.7 Å². The quantitative estimate of drug-likeness (QED) is 0.828. The highest BCUT2D eigenvalue weighted by atomic mass is 32.2. The van der Waals surface area contributed by atoms with Crippen molar-refractivity contribution in [3.8, 4) is 0 Å². The first-order chi connectivity index (χ1) is 11.3. The van der Waals surface area contributed by atoms with Gasteiger partial charge in [0.2, 0.25) is 0 Å². The van der Waals surface area contributed by atoms with Crippen molar-refractivity contribution in [2.45, 2.75) is 74.1 Å². The number of nitrogens with zero attached hydrogens (tertiary/aromatic N) is 1. The fraction of sp³-hybridized carbons (Fsp3) is 0.706. The van der Waals surface area contributed by atoms with Crippen LogP contribution in [0.1, 0.15) is 27.7 Å². The summed E-state index contributed by atoms with van der Waals surface area (Å²) in [6, 6.07) is 5.83. The largest absolute Gasteiger partial charge is 0.355 e. The minimum atomic E-state index is -0.630. The monoisotopic (exact) mass is 353 g/mol. The van der Waals surface area contributed by atoms with E-state index in [1.54, 1.807) is 18.0 Å². The summed E-state index contributed by atoms with van der Waals surface area (Å²) in [6.07, 6.45) is 1.05. The molecule has 5 atom stereocenters. The summed E-state index contributed by atoms with van der Waals surface area (Å²) in [5.74, 6) is -1.22. The molecule has 0 aromatic carbocycles. The maximum Gasteiger partial charge on any atom is 0.164 e. The van der Waals surface area contributed by atoms with E-state index in [2.05, 4.69) is 4.98 Å². The van der Waals surface area contributed by atoms with Gasteiger partial charge in [0.15, 0.2) is 11.6 Å². The summed E-state index contributed by atoms with van der Waals surface area (Å²) < 4.78 is 30.2. The van der Waals surface area contributed by atoms with Crippen LogP contribution in [-0.2, 0) is 23.7 Å². The van der Waals surface area contributed by atoms with Gasteiger partial charge >= 0.3 is 0 Å². The summed E-state index contributed by atoms with van der Waals surface area (Å²) in [5.41, 5.74) is -0.191. The lowest BCUT2D eigenvalue weighted by Gasteiger charge is -2.26. The summed E-state index contributed by atoms with van der Waals surface area (Å²) >= 11 is 1.56. The topological polar surface area (TPSA) is 59.0 Å². The zero-order chi connectivity index (χ0) is 16.9. The predicted molar refractivity (Wildman–Crippen MR) is 87.5 cm³/mol. The van der Waals surface area contributed by atoms with Crippen LogP contribution >= 0.6 is 11.8 Å². The van der Waals surface area contributed by atoms with Gasteiger partial charge in [-0.15, -0.1) is 0 Å². The van der Waals surface area contributed by atoms with Gasteiger partial charge in [0, 0.05) is 6.20 Å². The average molecular weight is 353 g/mol. The molecule has 4 heterocycles. The Labute approximate surface area is 146 Å². The van der Waals surface area contributed by atoms with E-state index in [9.17, 15) is 0 Å². The van der Waals surface area contributed by atoms with Crippen LogP contribution in [-0.4, -0.2) is 53.0 Å². The van der Waals surface area contributed by atoms with Crippen LogP contribution in [0.25, 0.3) is 0 Å². The molecule has 3 saturated heterocycles. The number of pyridine rings is 1. The van der Waals surface area contributed by atoms with E-state index in [0.717, 1.165) is 5.03 Å². The van der Waals surface area contributed by atoms with Crippen molar-refractivity contribution >= 4 is 11.8 Å². The molecule has 0 bridgehead atoms. The lowest BCUT2D eigenvalue weighted by Crippen LogP contribution is -2.40. The van der Waals surface area contributed by atoms with Crippen molar-refractivity contribution in [1.29, 1.82) is 0 Å².